The number of pyridine rings is 1. The van der Waals surface area contributed by atoms with E-state index >= 15 is 0 Å². The molecule has 0 bridgehead atoms. The van der Waals surface area contributed by atoms with Crippen LogP contribution in [0.3, 0.4) is 0 Å². The van der Waals surface area contributed by atoms with Gasteiger partial charge in [-0.3, -0.25) is 0 Å². The molecule has 3 nitrogen and oxygen atoms in total. The lowest BCUT2D eigenvalue weighted by Crippen LogP contribution is -2.03. The smallest absolute Gasteiger partial charge is 0.213 e. The normalized spacial score (nSPS) is 8.23. The Hall–Kier alpha value is -0.510. The van der Waals surface area contributed by atoms with E-state index in [9.17, 15) is 0 Å². The van der Waals surface area contributed by atoms with Crippen molar-refractivity contribution in [3.63, 3.8) is 0 Å². The Morgan fingerprint density at radius 3 is 2.46 bits per heavy atom. The molecule has 5 heteroatoms. The summed E-state index contributed by atoms with van der Waals surface area (Å²) in [6.07, 6.45) is 0. The van der Waals surface area contributed by atoms with Crippen LogP contribution in [0.15, 0.2) is 12.1 Å². The summed E-state index contributed by atoms with van der Waals surface area (Å²) in [5.74, 6) is 0.621. The third-order valence-electron chi connectivity index (χ3n) is 1.58. The lowest BCUT2D eigenvalue weighted by molar-refractivity contribution is 0.396. The van der Waals surface area contributed by atoms with Crippen LogP contribution in [0, 0.1) is 6.92 Å². The number of aryl methyl sites for hydroxylation is 1. The molecule has 0 fully saturated rings. The molecular formula is C8H14Cl2N2O. The molecule has 0 radical (unpaired) electrons. The molecule has 1 aromatic heterocycles. The number of nitrogens with zero attached hydrogens (tertiary/aromatic N) is 1. The number of hydrogen-bond acceptors (Lipinski definition) is 3. The summed E-state index contributed by atoms with van der Waals surface area (Å²) in [5, 5.41) is 0. The number of rotatable bonds is 2. The largest absolute Gasteiger partial charge is 0.481 e. The average Bonchev–Trinajstić information content (AvgIpc) is 2.05. The van der Waals surface area contributed by atoms with E-state index in [-0.39, 0.29) is 24.8 Å². The second-order valence-electron chi connectivity index (χ2n) is 2.32. The van der Waals surface area contributed by atoms with Gasteiger partial charge < -0.3 is 10.5 Å². The minimum atomic E-state index is 0. The van der Waals surface area contributed by atoms with Crippen molar-refractivity contribution in [2.45, 2.75) is 13.5 Å². The van der Waals surface area contributed by atoms with E-state index in [1.54, 1.807) is 7.11 Å². The highest BCUT2D eigenvalue weighted by molar-refractivity contribution is 5.85. The van der Waals surface area contributed by atoms with Crippen molar-refractivity contribution in [3.8, 4) is 5.88 Å². The van der Waals surface area contributed by atoms with Crippen LogP contribution in [0.5, 0.6) is 5.88 Å². The summed E-state index contributed by atoms with van der Waals surface area (Å²) in [6, 6.07) is 3.78. The number of nitrogens with two attached hydrogens (primary N) is 1. The van der Waals surface area contributed by atoms with Crippen molar-refractivity contribution >= 4 is 24.8 Å². The highest BCUT2D eigenvalue weighted by Crippen LogP contribution is 2.10. The summed E-state index contributed by atoms with van der Waals surface area (Å²) in [5.41, 5.74) is 7.45. The Kier molecular flexibility index (Phi) is 8.01. The van der Waals surface area contributed by atoms with Crippen LogP contribution in [0.25, 0.3) is 0 Å². The number of ether oxygens (including phenoxy) is 1. The van der Waals surface area contributed by atoms with Gasteiger partial charge in [0.25, 0.3) is 0 Å². The SMILES string of the molecule is COc1ccc(C)c(CN)n1.Cl.Cl. The Morgan fingerprint density at radius 2 is 2.00 bits per heavy atom. The summed E-state index contributed by atoms with van der Waals surface area (Å²) >= 11 is 0. The van der Waals surface area contributed by atoms with E-state index in [4.69, 9.17) is 10.5 Å². The molecule has 0 unspecified atom stereocenters. The Balaban J connectivity index is 0. The monoisotopic (exact) mass is 224 g/mol. The first kappa shape index (κ1) is 15.0. The van der Waals surface area contributed by atoms with Gasteiger partial charge in [-0.05, 0) is 12.5 Å². The van der Waals surface area contributed by atoms with E-state index in [1.165, 1.54) is 0 Å². The van der Waals surface area contributed by atoms with Gasteiger partial charge >= 0.3 is 0 Å². The molecule has 1 aromatic rings. The van der Waals surface area contributed by atoms with Gasteiger partial charge in [0.05, 0.1) is 12.8 Å². The quantitative estimate of drug-likeness (QED) is 0.833. The van der Waals surface area contributed by atoms with Crippen molar-refractivity contribution in [1.29, 1.82) is 0 Å². The third kappa shape index (κ3) is 3.81. The second-order valence-corrected chi connectivity index (χ2v) is 2.32. The molecular weight excluding hydrogens is 211 g/mol. The molecule has 13 heavy (non-hydrogen) atoms. The van der Waals surface area contributed by atoms with E-state index in [0.29, 0.717) is 12.4 Å². The Labute approximate surface area is 90.5 Å². The van der Waals surface area contributed by atoms with E-state index in [0.717, 1.165) is 11.3 Å². The Morgan fingerprint density at radius 1 is 1.38 bits per heavy atom. The molecule has 0 aromatic carbocycles. The summed E-state index contributed by atoms with van der Waals surface area (Å²) in [6.45, 7) is 2.44. The number of methoxy groups -OCH3 is 1. The van der Waals surface area contributed by atoms with Crippen molar-refractivity contribution in [2.75, 3.05) is 7.11 Å². The first-order valence-electron chi connectivity index (χ1n) is 3.48. The van der Waals surface area contributed by atoms with Crippen molar-refractivity contribution in [1.82, 2.24) is 4.98 Å². The van der Waals surface area contributed by atoms with Crippen LogP contribution < -0.4 is 10.5 Å². The molecule has 1 rings (SSSR count). The van der Waals surface area contributed by atoms with Crippen LogP contribution in [0.2, 0.25) is 0 Å². The summed E-state index contributed by atoms with van der Waals surface area (Å²) in [4.78, 5) is 4.16. The fraction of sp³-hybridized carbons (Fsp3) is 0.375. The van der Waals surface area contributed by atoms with Crippen molar-refractivity contribution in [3.05, 3.63) is 23.4 Å². The maximum atomic E-state index is 5.46. The van der Waals surface area contributed by atoms with E-state index in [2.05, 4.69) is 4.98 Å². The highest BCUT2D eigenvalue weighted by Gasteiger charge is 1.98. The Bertz CT molecular complexity index is 256. The fourth-order valence-corrected chi connectivity index (χ4v) is 0.871. The van der Waals surface area contributed by atoms with E-state index in [1.807, 2.05) is 19.1 Å². The number of halogens is 2. The average molecular weight is 225 g/mol. The lowest BCUT2D eigenvalue weighted by Gasteiger charge is -2.03. The van der Waals surface area contributed by atoms with Gasteiger partial charge in [-0.2, -0.15) is 0 Å². The van der Waals surface area contributed by atoms with Crippen LogP contribution in [0.4, 0.5) is 0 Å². The first-order valence-corrected chi connectivity index (χ1v) is 3.48. The molecule has 2 N–H and O–H groups in total. The summed E-state index contributed by atoms with van der Waals surface area (Å²) < 4.78 is 4.94. The molecule has 0 atom stereocenters. The second kappa shape index (κ2) is 6.95. The molecule has 76 valence electrons. The van der Waals surface area contributed by atoms with Crippen LogP contribution in [0.1, 0.15) is 11.3 Å². The highest BCUT2D eigenvalue weighted by atomic mass is 35.5. The molecule has 0 aliphatic carbocycles. The molecule has 0 spiro atoms. The summed E-state index contributed by atoms with van der Waals surface area (Å²) in [7, 11) is 1.60. The molecule has 1 heterocycles. The van der Waals surface area contributed by atoms with Crippen molar-refractivity contribution < 1.29 is 4.74 Å². The van der Waals surface area contributed by atoms with Gasteiger partial charge in [0, 0.05) is 12.6 Å². The minimum Gasteiger partial charge on any atom is -0.481 e. The lowest BCUT2D eigenvalue weighted by atomic mass is 10.2. The van der Waals surface area contributed by atoms with Gasteiger partial charge in [-0.25, -0.2) is 4.98 Å². The molecule has 0 aliphatic rings. The van der Waals surface area contributed by atoms with Crippen LogP contribution in [-0.4, -0.2) is 12.1 Å². The fourth-order valence-electron chi connectivity index (χ4n) is 0.871. The standard InChI is InChI=1S/C8H12N2O.2ClH/c1-6-3-4-8(11-2)10-7(6)5-9;;/h3-4H,5,9H2,1-2H3;2*1H. The number of aromatic nitrogens is 1. The molecule has 0 saturated carbocycles. The van der Waals surface area contributed by atoms with Gasteiger partial charge in [0.2, 0.25) is 5.88 Å². The van der Waals surface area contributed by atoms with E-state index < -0.39 is 0 Å². The van der Waals surface area contributed by atoms with Gasteiger partial charge in [-0.15, -0.1) is 24.8 Å². The minimum absolute atomic E-state index is 0. The number of hydrogen-bond donors (Lipinski definition) is 1. The van der Waals surface area contributed by atoms with Gasteiger partial charge in [-0.1, -0.05) is 6.07 Å². The third-order valence-corrected chi connectivity index (χ3v) is 1.58. The maximum absolute atomic E-state index is 5.46. The van der Waals surface area contributed by atoms with Gasteiger partial charge in [0.15, 0.2) is 0 Å². The first-order chi connectivity index (χ1) is 5.27. The van der Waals surface area contributed by atoms with Crippen LogP contribution >= 0.6 is 24.8 Å². The van der Waals surface area contributed by atoms with Crippen molar-refractivity contribution in [2.24, 2.45) is 5.73 Å². The molecule has 0 saturated heterocycles. The predicted molar refractivity (Wildman–Crippen MR) is 57.9 cm³/mol. The van der Waals surface area contributed by atoms with Crippen LogP contribution in [-0.2, 0) is 6.54 Å². The molecule has 0 aliphatic heterocycles. The zero-order chi connectivity index (χ0) is 8.27. The zero-order valence-corrected chi connectivity index (χ0v) is 9.24. The topological polar surface area (TPSA) is 48.1 Å². The van der Waals surface area contributed by atoms with Gasteiger partial charge in [0.1, 0.15) is 0 Å². The molecule has 0 amide bonds. The predicted octanol–water partition coefficient (Wildman–Crippen LogP) is 1.70. The zero-order valence-electron chi connectivity index (χ0n) is 7.61. The maximum Gasteiger partial charge on any atom is 0.213 e.